The minimum atomic E-state index is -0.539. The zero-order chi connectivity index (χ0) is 14.1. The number of carbonyl (C=O) groups excluding carboxylic acids is 1. The number of hydrogen-bond acceptors (Lipinski definition) is 3. The quantitative estimate of drug-likeness (QED) is 0.788. The molecule has 1 aromatic rings. The minimum absolute atomic E-state index is 0.269. The van der Waals surface area contributed by atoms with Gasteiger partial charge in [-0.05, 0) is 43.9 Å². The lowest BCUT2D eigenvalue weighted by Gasteiger charge is -2.25. The first kappa shape index (κ1) is 13.4. The van der Waals surface area contributed by atoms with Crippen LogP contribution in [0.15, 0.2) is 24.3 Å². The van der Waals surface area contributed by atoms with Crippen molar-refractivity contribution in [2.75, 3.05) is 5.32 Å². The van der Waals surface area contributed by atoms with Gasteiger partial charge in [-0.2, -0.15) is 0 Å². The van der Waals surface area contributed by atoms with Gasteiger partial charge in [0.2, 0.25) is 0 Å². The van der Waals surface area contributed by atoms with Crippen LogP contribution in [0.25, 0.3) is 0 Å². The maximum atomic E-state index is 10.8. The van der Waals surface area contributed by atoms with Crippen LogP contribution in [0.2, 0.25) is 0 Å². The van der Waals surface area contributed by atoms with Crippen LogP contribution in [0.4, 0.5) is 10.5 Å². The van der Waals surface area contributed by atoms with Gasteiger partial charge in [0.25, 0.3) is 0 Å². The fraction of sp³-hybridized carbons (Fsp3) is 0.533. The molecule has 2 fully saturated rings. The highest BCUT2D eigenvalue weighted by molar-refractivity contribution is 5.87. The van der Waals surface area contributed by atoms with Gasteiger partial charge in [-0.1, -0.05) is 12.1 Å². The van der Waals surface area contributed by atoms with Crippen molar-refractivity contribution in [3.8, 4) is 0 Å². The van der Waals surface area contributed by atoms with Crippen molar-refractivity contribution in [3.63, 3.8) is 0 Å². The molecule has 2 aliphatic heterocycles. The number of carbonyl (C=O) groups is 1. The largest absolute Gasteiger partial charge is 0.373 e. The molecular weight excluding hydrogens is 254 g/mol. The summed E-state index contributed by atoms with van der Waals surface area (Å²) < 4.78 is 5.86. The Morgan fingerprint density at radius 1 is 1.35 bits per heavy atom. The Morgan fingerprint density at radius 3 is 2.65 bits per heavy atom. The van der Waals surface area contributed by atoms with Crippen molar-refractivity contribution in [3.05, 3.63) is 29.8 Å². The number of anilines is 1. The lowest BCUT2D eigenvalue weighted by Crippen LogP contribution is -2.38. The second-order valence-corrected chi connectivity index (χ2v) is 5.72. The summed E-state index contributed by atoms with van der Waals surface area (Å²) in [5, 5.41) is 6.21. The van der Waals surface area contributed by atoms with Crippen molar-refractivity contribution in [2.24, 2.45) is 5.73 Å². The summed E-state index contributed by atoms with van der Waals surface area (Å²) in [6, 6.07) is 7.96. The van der Waals surface area contributed by atoms with Crippen LogP contribution in [-0.4, -0.2) is 24.3 Å². The normalized spacial score (nSPS) is 29.4. The van der Waals surface area contributed by atoms with E-state index in [0.717, 1.165) is 12.1 Å². The Morgan fingerprint density at radius 2 is 2.10 bits per heavy atom. The summed E-state index contributed by atoms with van der Waals surface area (Å²) >= 11 is 0. The Labute approximate surface area is 118 Å². The van der Waals surface area contributed by atoms with Crippen LogP contribution < -0.4 is 16.4 Å². The van der Waals surface area contributed by atoms with Gasteiger partial charge < -0.3 is 21.1 Å². The van der Waals surface area contributed by atoms with Gasteiger partial charge in [0, 0.05) is 17.8 Å². The Hall–Kier alpha value is -1.59. The molecular formula is C15H21N3O2. The van der Waals surface area contributed by atoms with E-state index in [1.807, 2.05) is 24.3 Å². The second-order valence-electron chi connectivity index (χ2n) is 5.72. The SMILES string of the molecule is CC(NC1CC2CCC1O2)c1ccc(NC(N)=O)cc1. The first-order valence-corrected chi connectivity index (χ1v) is 7.20. The zero-order valence-corrected chi connectivity index (χ0v) is 11.6. The predicted octanol–water partition coefficient (Wildman–Crippen LogP) is 2.15. The van der Waals surface area contributed by atoms with E-state index in [0.29, 0.717) is 18.2 Å². The summed E-state index contributed by atoms with van der Waals surface area (Å²) in [6.45, 7) is 2.16. The maximum Gasteiger partial charge on any atom is 0.316 e. The molecule has 2 aliphatic rings. The van der Waals surface area contributed by atoms with E-state index < -0.39 is 6.03 Å². The van der Waals surface area contributed by atoms with Gasteiger partial charge in [0.1, 0.15) is 0 Å². The molecule has 2 saturated heterocycles. The molecule has 3 rings (SSSR count). The van der Waals surface area contributed by atoms with E-state index in [-0.39, 0.29) is 6.04 Å². The number of benzene rings is 1. The highest BCUT2D eigenvalue weighted by Crippen LogP contribution is 2.35. The van der Waals surface area contributed by atoms with E-state index in [4.69, 9.17) is 10.5 Å². The van der Waals surface area contributed by atoms with Crippen molar-refractivity contribution < 1.29 is 9.53 Å². The van der Waals surface area contributed by atoms with E-state index in [1.165, 1.54) is 18.4 Å². The molecule has 2 heterocycles. The van der Waals surface area contributed by atoms with E-state index in [9.17, 15) is 4.79 Å². The van der Waals surface area contributed by atoms with Gasteiger partial charge in [-0.25, -0.2) is 4.79 Å². The predicted molar refractivity (Wildman–Crippen MR) is 77.5 cm³/mol. The van der Waals surface area contributed by atoms with Crippen LogP contribution in [0, 0.1) is 0 Å². The zero-order valence-electron chi connectivity index (χ0n) is 11.6. The number of nitrogens with two attached hydrogens (primary N) is 1. The van der Waals surface area contributed by atoms with Crippen LogP contribution in [0.5, 0.6) is 0 Å². The number of amides is 2. The standard InChI is InChI=1S/C15H21N3O2/c1-9(17-13-8-12-6-7-14(13)20-12)10-2-4-11(5-3-10)18-15(16)19/h2-5,9,12-14,17H,6-8H2,1H3,(H3,16,18,19). The molecule has 4 atom stereocenters. The van der Waals surface area contributed by atoms with Crippen LogP contribution in [0.3, 0.4) is 0 Å². The summed E-state index contributed by atoms with van der Waals surface area (Å²) in [7, 11) is 0. The molecule has 0 radical (unpaired) electrons. The lowest BCUT2D eigenvalue weighted by molar-refractivity contribution is 0.0962. The van der Waals surface area contributed by atoms with Crippen molar-refractivity contribution in [1.29, 1.82) is 0 Å². The molecule has 5 heteroatoms. The first-order chi connectivity index (χ1) is 9.61. The molecule has 4 unspecified atom stereocenters. The maximum absolute atomic E-state index is 10.8. The average Bonchev–Trinajstić information content (AvgIpc) is 3.01. The molecule has 20 heavy (non-hydrogen) atoms. The number of fused-ring (bicyclic) bond motifs is 2. The van der Waals surface area contributed by atoms with E-state index >= 15 is 0 Å². The highest BCUT2D eigenvalue weighted by Gasteiger charge is 2.40. The van der Waals surface area contributed by atoms with Gasteiger partial charge >= 0.3 is 6.03 Å². The number of ether oxygens (including phenoxy) is 1. The number of urea groups is 1. The second kappa shape index (κ2) is 5.42. The Bertz CT molecular complexity index is 488. The molecule has 2 bridgehead atoms. The molecule has 0 aromatic heterocycles. The molecule has 108 valence electrons. The number of rotatable bonds is 4. The monoisotopic (exact) mass is 275 g/mol. The third kappa shape index (κ3) is 2.78. The van der Waals surface area contributed by atoms with Gasteiger partial charge in [-0.15, -0.1) is 0 Å². The fourth-order valence-electron chi connectivity index (χ4n) is 3.23. The van der Waals surface area contributed by atoms with Gasteiger partial charge in [0.15, 0.2) is 0 Å². The minimum Gasteiger partial charge on any atom is -0.373 e. The molecule has 4 N–H and O–H groups in total. The number of primary amides is 1. The fourth-order valence-corrected chi connectivity index (χ4v) is 3.23. The molecule has 0 spiro atoms. The molecule has 5 nitrogen and oxygen atoms in total. The lowest BCUT2D eigenvalue weighted by atomic mass is 9.94. The molecule has 2 amide bonds. The number of hydrogen-bond donors (Lipinski definition) is 3. The first-order valence-electron chi connectivity index (χ1n) is 7.20. The highest BCUT2D eigenvalue weighted by atomic mass is 16.5. The summed E-state index contributed by atoms with van der Waals surface area (Å²) in [6.07, 6.45) is 4.36. The Kier molecular flexibility index (Phi) is 3.63. The van der Waals surface area contributed by atoms with Crippen molar-refractivity contribution in [1.82, 2.24) is 5.32 Å². The van der Waals surface area contributed by atoms with E-state index in [2.05, 4.69) is 17.6 Å². The molecule has 0 aliphatic carbocycles. The van der Waals surface area contributed by atoms with Gasteiger partial charge in [-0.3, -0.25) is 0 Å². The summed E-state index contributed by atoms with van der Waals surface area (Å²) in [5.41, 5.74) is 7.01. The third-order valence-corrected chi connectivity index (χ3v) is 4.25. The summed E-state index contributed by atoms with van der Waals surface area (Å²) in [4.78, 5) is 10.8. The van der Waals surface area contributed by atoms with Crippen LogP contribution >= 0.6 is 0 Å². The third-order valence-electron chi connectivity index (χ3n) is 4.25. The van der Waals surface area contributed by atoms with Crippen molar-refractivity contribution >= 4 is 11.7 Å². The van der Waals surface area contributed by atoms with Crippen LogP contribution in [-0.2, 0) is 4.74 Å². The van der Waals surface area contributed by atoms with Crippen molar-refractivity contribution in [2.45, 2.75) is 50.5 Å². The number of nitrogens with one attached hydrogen (secondary N) is 2. The Balaban J connectivity index is 1.59. The topological polar surface area (TPSA) is 76.4 Å². The van der Waals surface area contributed by atoms with E-state index in [1.54, 1.807) is 0 Å². The average molecular weight is 275 g/mol. The van der Waals surface area contributed by atoms with Gasteiger partial charge in [0.05, 0.1) is 12.2 Å². The van der Waals surface area contributed by atoms with Crippen LogP contribution in [0.1, 0.15) is 37.8 Å². The smallest absolute Gasteiger partial charge is 0.316 e. The molecule has 1 aromatic carbocycles. The molecule has 0 saturated carbocycles. The summed E-state index contributed by atoms with van der Waals surface area (Å²) in [5.74, 6) is 0.